The molecule has 0 aliphatic heterocycles. The third-order valence-corrected chi connectivity index (χ3v) is 3.21. The van der Waals surface area contributed by atoms with Gasteiger partial charge in [-0.05, 0) is 31.2 Å². The average Bonchev–Trinajstić information content (AvgIpc) is 2.77. The number of nitrogens with zero attached hydrogens (tertiary/aromatic N) is 1. The van der Waals surface area contributed by atoms with Crippen LogP contribution in [0.1, 0.15) is 15.4 Å². The van der Waals surface area contributed by atoms with E-state index >= 15 is 0 Å². The van der Waals surface area contributed by atoms with E-state index in [-0.39, 0.29) is 0 Å². The minimum absolute atomic E-state index is 0.695. The highest BCUT2D eigenvalue weighted by atomic mass is 32.1. The Morgan fingerprint density at radius 1 is 1.31 bits per heavy atom. The van der Waals surface area contributed by atoms with Crippen LogP contribution < -0.4 is 4.74 Å². The van der Waals surface area contributed by atoms with Crippen LogP contribution in [0.4, 0.5) is 0 Å². The number of rotatable bonds is 3. The number of hydrogen-bond acceptors (Lipinski definition) is 4. The molecule has 0 unspecified atom stereocenters. The number of thiophene rings is 1. The van der Waals surface area contributed by atoms with Crippen LogP contribution in [0.15, 0.2) is 24.3 Å². The Morgan fingerprint density at radius 3 is 2.75 bits per heavy atom. The fourth-order valence-electron chi connectivity index (χ4n) is 1.43. The molecule has 2 aromatic heterocycles. The molecule has 0 N–H and O–H groups in total. The summed E-state index contributed by atoms with van der Waals surface area (Å²) < 4.78 is 5.25. The Balaban J connectivity index is 2.53. The van der Waals surface area contributed by atoms with E-state index < -0.39 is 0 Å². The molecule has 2 rings (SSSR count). The number of methoxy groups -OCH3 is 1. The molecule has 0 aromatic carbocycles. The maximum Gasteiger partial charge on any atom is 0.160 e. The average molecular weight is 233 g/mol. The van der Waals surface area contributed by atoms with Crippen LogP contribution in [0.5, 0.6) is 5.75 Å². The van der Waals surface area contributed by atoms with Crippen LogP contribution in [-0.4, -0.2) is 18.4 Å². The molecule has 82 valence electrons. The number of aryl methyl sites for hydroxylation is 1. The lowest BCUT2D eigenvalue weighted by molar-refractivity contribution is 0.112. The first-order valence-corrected chi connectivity index (χ1v) is 5.63. The van der Waals surface area contributed by atoms with E-state index in [1.165, 1.54) is 11.3 Å². The van der Waals surface area contributed by atoms with Crippen molar-refractivity contribution in [1.29, 1.82) is 0 Å². The number of ether oxygens (including phenoxy) is 1. The molecule has 0 aliphatic rings. The fraction of sp³-hybridized carbons (Fsp3) is 0.167. The van der Waals surface area contributed by atoms with Gasteiger partial charge < -0.3 is 4.74 Å². The van der Waals surface area contributed by atoms with Gasteiger partial charge in [-0.1, -0.05) is 0 Å². The maximum atomic E-state index is 10.6. The topological polar surface area (TPSA) is 39.2 Å². The molecular formula is C12H11NO2S. The van der Waals surface area contributed by atoms with E-state index in [9.17, 15) is 4.79 Å². The molecule has 0 bridgehead atoms. The van der Waals surface area contributed by atoms with Gasteiger partial charge in [-0.25, -0.2) is 4.98 Å². The molecule has 0 aliphatic carbocycles. The number of carbonyl (C=O) groups excluding carboxylic acids is 1. The van der Waals surface area contributed by atoms with Crippen LogP contribution in [0.25, 0.3) is 10.6 Å². The minimum atomic E-state index is 0.695. The van der Waals surface area contributed by atoms with Crippen LogP contribution >= 0.6 is 11.3 Å². The molecular weight excluding hydrogens is 222 g/mol. The number of hydrogen-bond donors (Lipinski definition) is 0. The zero-order chi connectivity index (χ0) is 11.5. The van der Waals surface area contributed by atoms with Crippen molar-refractivity contribution >= 4 is 17.6 Å². The molecule has 0 amide bonds. The lowest BCUT2D eigenvalue weighted by Crippen LogP contribution is -1.91. The predicted molar refractivity (Wildman–Crippen MR) is 64.2 cm³/mol. The second-order valence-corrected chi connectivity index (χ2v) is 4.44. The van der Waals surface area contributed by atoms with Crippen molar-refractivity contribution in [1.82, 2.24) is 4.98 Å². The van der Waals surface area contributed by atoms with Crippen molar-refractivity contribution in [2.75, 3.05) is 7.11 Å². The van der Waals surface area contributed by atoms with E-state index in [1.807, 2.05) is 25.1 Å². The summed E-state index contributed by atoms with van der Waals surface area (Å²) in [6, 6.07) is 7.46. The van der Waals surface area contributed by atoms with Crippen LogP contribution in [0.3, 0.4) is 0 Å². The molecule has 0 atom stereocenters. The van der Waals surface area contributed by atoms with Gasteiger partial charge in [-0.2, -0.15) is 0 Å². The summed E-state index contributed by atoms with van der Waals surface area (Å²) in [5.74, 6) is 0.727. The lowest BCUT2D eigenvalue weighted by Gasteiger charge is -2.06. The fourth-order valence-corrected chi connectivity index (χ4v) is 2.25. The largest absolute Gasteiger partial charge is 0.494 e. The van der Waals surface area contributed by atoms with Crippen molar-refractivity contribution in [2.24, 2.45) is 0 Å². The van der Waals surface area contributed by atoms with E-state index in [2.05, 4.69) is 4.98 Å². The van der Waals surface area contributed by atoms with E-state index in [0.29, 0.717) is 4.88 Å². The molecule has 2 aromatic rings. The summed E-state index contributed by atoms with van der Waals surface area (Å²) in [5.41, 5.74) is 1.72. The third-order valence-electron chi connectivity index (χ3n) is 2.19. The summed E-state index contributed by atoms with van der Waals surface area (Å²) in [6.07, 6.45) is 0.844. The van der Waals surface area contributed by atoms with Crippen molar-refractivity contribution < 1.29 is 9.53 Å². The Bertz CT molecular complexity index is 519. The van der Waals surface area contributed by atoms with Crippen LogP contribution in [0.2, 0.25) is 0 Å². The van der Waals surface area contributed by atoms with Crippen molar-refractivity contribution in [3.63, 3.8) is 0 Å². The van der Waals surface area contributed by atoms with Crippen LogP contribution in [0, 0.1) is 6.92 Å². The summed E-state index contributed by atoms with van der Waals surface area (Å²) in [4.78, 5) is 16.7. The Labute approximate surface area is 97.7 Å². The molecule has 3 nitrogen and oxygen atoms in total. The van der Waals surface area contributed by atoms with E-state index in [0.717, 1.165) is 28.3 Å². The van der Waals surface area contributed by atoms with Gasteiger partial charge in [-0.15, -0.1) is 11.3 Å². The summed E-state index contributed by atoms with van der Waals surface area (Å²) >= 11 is 1.41. The number of aldehydes is 1. The zero-order valence-corrected chi connectivity index (χ0v) is 9.88. The van der Waals surface area contributed by atoms with Gasteiger partial charge in [0.1, 0.15) is 11.4 Å². The molecule has 4 heteroatoms. The second kappa shape index (κ2) is 4.45. The van der Waals surface area contributed by atoms with Gasteiger partial charge in [0.15, 0.2) is 6.29 Å². The highest BCUT2D eigenvalue weighted by molar-refractivity contribution is 7.17. The monoisotopic (exact) mass is 233 g/mol. The van der Waals surface area contributed by atoms with Gasteiger partial charge in [0.05, 0.1) is 16.9 Å². The molecule has 2 heterocycles. The first-order valence-electron chi connectivity index (χ1n) is 4.81. The Kier molecular flexibility index (Phi) is 3.01. The van der Waals surface area contributed by atoms with E-state index in [4.69, 9.17) is 4.74 Å². The highest BCUT2D eigenvalue weighted by Crippen LogP contribution is 2.32. The molecule has 0 spiro atoms. The molecule has 0 saturated heterocycles. The normalized spacial score (nSPS) is 10.1. The van der Waals surface area contributed by atoms with Gasteiger partial charge >= 0.3 is 0 Å². The molecule has 16 heavy (non-hydrogen) atoms. The van der Waals surface area contributed by atoms with E-state index in [1.54, 1.807) is 13.2 Å². The standard InChI is InChI=1S/C12H11NO2S/c1-8-3-5-10(15-2)12(13-8)11-6-4-9(7-14)16-11/h3-7H,1-2H3. The minimum Gasteiger partial charge on any atom is -0.494 e. The Hall–Kier alpha value is -1.68. The van der Waals surface area contributed by atoms with Gasteiger partial charge in [0, 0.05) is 5.69 Å². The molecule has 0 saturated carbocycles. The van der Waals surface area contributed by atoms with Gasteiger partial charge in [-0.3, -0.25) is 4.79 Å². The maximum absolute atomic E-state index is 10.6. The number of aromatic nitrogens is 1. The number of pyridine rings is 1. The SMILES string of the molecule is COc1ccc(C)nc1-c1ccc(C=O)s1. The summed E-state index contributed by atoms with van der Waals surface area (Å²) in [7, 11) is 1.62. The highest BCUT2D eigenvalue weighted by Gasteiger charge is 2.10. The summed E-state index contributed by atoms with van der Waals surface area (Å²) in [5, 5.41) is 0. The molecule has 0 fully saturated rings. The van der Waals surface area contributed by atoms with Crippen molar-refractivity contribution in [3.8, 4) is 16.3 Å². The third kappa shape index (κ3) is 1.97. The second-order valence-electron chi connectivity index (χ2n) is 3.32. The van der Waals surface area contributed by atoms with Crippen LogP contribution in [-0.2, 0) is 0 Å². The smallest absolute Gasteiger partial charge is 0.160 e. The lowest BCUT2D eigenvalue weighted by atomic mass is 10.2. The number of carbonyl (C=O) groups is 1. The van der Waals surface area contributed by atoms with Gasteiger partial charge in [0.2, 0.25) is 0 Å². The first-order chi connectivity index (χ1) is 7.74. The van der Waals surface area contributed by atoms with Crippen molar-refractivity contribution in [2.45, 2.75) is 6.92 Å². The molecule has 0 radical (unpaired) electrons. The quantitative estimate of drug-likeness (QED) is 0.765. The van der Waals surface area contributed by atoms with Gasteiger partial charge in [0.25, 0.3) is 0 Å². The predicted octanol–water partition coefficient (Wildman–Crippen LogP) is 2.94. The zero-order valence-electron chi connectivity index (χ0n) is 9.06. The first kappa shape index (κ1) is 10.8. The van der Waals surface area contributed by atoms with Crippen molar-refractivity contribution in [3.05, 3.63) is 34.8 Å². The summed E-state index contributed by atoms with van der Waals surface area (Å²) in [6.45, 7) is 1.93. The Morgan fingerprint density at radius 2 is 2.12 bits per heavy atom.